The molecular weight excluding hydrogens is 248 g/mol. The van der Waals surface area contributed by atoms with Gasteiger partial charge in [0.1, 0.15) is 0 Å². The second kappa shape index (κ2) is 7.12. The molecular formula is C17H22N2O. The van der Waals surface area contributed by atoms with Gasteiger partial charge in [-0.15, -0.1) is 0 Å². The molecule has 0 spiro atoms. The Balaban J connectivity index is 2.02. The Hall–Kier alpha value is -1.79. The smallest absolute Gasteiger partial charge is 0.252 e. The van der Waals surface area contributed by atoms with Crippen LogP contribution in [0, 0.1) is 23.7 Å². The molecule has 0 aliphatic heterocycles. The minimum atomic E-state index is -0.0361. The molecule has 106 valence electrons. The van der Waals surface area contributed by atoms with E-state index in [-0.39, 0.29) is 5.91 Å². The summed E-state index contributed by atoms with van der Waals surface area (Å²) in [6.07, 6.45) is 3.77. The molecule has 1 aliphatic rings. The lowest BCUT2D eigenvalue weighted by atomic mass is 9.98. The zero-order valence-electron chi connectivity index (χ0n) is 12.0. The van der Waals surface area contributed by atoms with Crippen molar-refractivity contribution in [3.05, 3.63) is 35.4 Å². The second-order valence-corrected chi connectivity index (χ2v) is 5.43. The van der Waals surface area contributed by atoms with Crippen LogP contribution < -0.4 is 11.1 Å². The third-order valence-electron chi connectivity index (χ3n) is 4.06. The summed E-state index contributed by atoms with van der Waals surface area (Å²) < 4.78 is 0. The van der Waals surface area contributed by atoms with Crippen LogP contribution in [-0.2, 0) is 0 Å². The molecule has 3 heteroatoms. The van der Waals surface area contributed by atoms with Crippen LogP contribution in [0.25, 0.3) is 0 Å². The Morgan fingerprint density at radius 3 is 2.90 bits per heavy atom. The lowest BCUT2D eigenvalue weighted by molar-refractivity contribution is 0.0944. The molecule has 1 fully saturated rings. The number of nitrogens with one attached hydrogen (secondary N) is 1. The van der Waals surface area contributed by atoms with E-state index in [1.54, 1.807) is 0 Å². The topological polar surface area (TPSA) is 55.1 Å². The molecule has 1 aromatic rings. The molecule has 0 radical (unpaired) electrons. The molecule has 2 atom stereocenters. The summed E-state index contributed by atoms with van der Waals surface area (Å²) in [5, 5.41) is 3.05. The summed E-state index contributed by atoms with van der Waals surface area (Å²) >= 11 is 0. The fraction of sp³-hybridized carbons (Fsp3) is 0.471. The first-order valence-corrected chi connectivity index (χ1v) is 7.28. The number of carbonyl (C=O) groups is 1. The first-order chi connectivity index (χ1) is 9.72. The highest BCUT2D eigenvalue weighted by Crippen LogP contribution is 2.30. The quantitative estimate of drug-likeness (QED) is 0.827. The Labute approximate surface area is 120 Å². The van der Waals surface area contributed by atoms with Crippen molar-refractivity contribution in [1.29, 1.82) is 0 Å². The van der Waals surface area contributed by atoms with Crippen molar-refractivity contribution < 1.29 is 4.79 Å². The van der Waals surface area contributed by atoms with Gasteiger partial charge in [-0.1, -0.05) is 43.7 Å². The minimum Gasteiger partial charge on any atom is -0.352 e. The van der Waals surface area contributed by atoms with Gasteiger partial charge in [0.15, 0.2) is 0 Å². The van der Waals surface area contributed by atoms with Crippen molar-refractivity contribution in [2.45, 2.75) is 26.2 Å². The molecule has 1 aliphatic carbocycles. The molecule has 0 aromatic heterocycles. The van der Waals surface area contributed by atoms with Crippen LogP contribution in [0.15, 0.2) is 24.3 Å². The van der Waals surface area contributed by atoms with Crippen LogP contribution in [0.1, 0.15) is 42.1 Å². The van der Waals surface area contributed by atoms with Gasteiger partial charge in [0.05, 0.1) is 12.1 Å². The predicted molar refractivity (Wildman–Crippen MR) is 81.2 cm³/mol. The second-order valence-electron chi connectivity index (χ2n) is 5.43. The summed E-state index contributed by atoms with van der Waals surface area (Å²) in [7, 11) is 0. The van der Waals surface area contributed by atoms with Gasteiger partial charge in [-0.3, -0.25) is 4.79 Å². The summed E-state index contributed by atoms with van der Waals surface area (Å²) in [6, 6.07) is 7.42. The SMILES string of the molecule is CC1CCCC1CNC(=O)c1ccccc1C#CCN. The highest BCUT2D eigenvalue weighted by molar-refractivity contribution is 5.96. The zero-order chi connectivity index (χ0) is 14.4. The summed E-state index contributed by atoms with van der Waals surface area (Å²) in [5.74, 6) is 7.04. The van der Waals surface area contributed by atoms with Gasteiger partial charge in [0.2, 0.25) is 0 Å². The van der Waals surface area contributed by atoms with Crippen LogP contribution in [-0.4, -0.2) is 19.0 Å². The van der Waals surface area contributed by atoms with Gasteiger partial charge in [0, 0.05) is 12.1 Å². The van der Waals surface area contributed by atoms with Crippen LogP contribution in [0.4, 0.5) is 0 Å². The molecule has 2 rings (SSSR count). The van der Waals surface area contributed by atoms with Crippen LogP contribution in [0.5, 0.6) is 0 Å². The number of amides is 1. The van der Waals surface area contributed by atoms with Gasteiger partial charge in [-0.05, 0) is 30.4 Å². The maximum atomic E-state index is 12.3. The van der Waals surface area contributed by atoms with Gasteiger partial charge >= 0.3 is 0 Å². The van der Waals surface area contributed by atoms with E-state index in [1.807, 2.05) is 24.3 Å². The van der Waals surface area contributed by atoms with Crippen molar-refractivity contribution in [1.82, 2.24) is 5.32 Å². The maximum Gasteiger partial charge on any atom is 0.252 e. The van der Waals surface area contributed by atoms with Crippen molar-refractivity contribution >= 4 is 5.91 Å². The van der Waals surface area contributed by atoms with Crippen molar-refractivity contribution in [3.8, 4) is 11.8 Å². The van der Waals surface area contributed by atoms with E-state index in [0.29, 0.717) is 23.9 Å². The molecule has 0 bridgehead atoms. The van der Waals surface area contributed by atoms with Crippen molar-refractivity contribution in [2.24, 2.45) is 17.6 Å². The largest absolute Gasteiger partial charge is 0.352 e. The lowest BCUT2D eigenvalue weighted by Gasteiger charge is -2.16. The average molecular weight is 270 g/mol. The van der Waals surface area contributed by atoms with E-state index in [9.17, 15) is 4.79 Å². The number of hydrogen-bond acceptors (Lipinski definition) is 2. The Morgan fingerprint density at radius 1 is 1.40 bits per heavy atom. The minimum absolute atomic E-state index is 0.0361. The molecule has 1 aromatic carbocycles. The first kappa shape index (κ1) is 14.6. The van der Waals surface area contributed by atoms with Gasteiger partial charge < -0.3 is 11.1 Å². The number of rotatable bonds is 3. The molecule has 1 amide bonds. The van der Waals surface area contributed by atoms with E-state index in [4.69, 9.17) is 5.73 Å². The molecule has 3 N–H and O–H groups in total. The fourth-order valence-corrected chi connectivity index (χ4v) is 2.78. The highest BCUT2D eigenvalue weighted by atomic mass is 16.1. The third-order valence-corrected chi connectivity index (χ3v) is 4.06. The normalized spacial score (nSPS) is 21.1. The predicted octanol–water partition coefficient (Wildman–Crippen LogP) is 2.16. The van der Waals surface area contributed by atoms with Crippen LogP contribution in [0.3, 0.4) is 0 Å². The molecule has 3 nitrogen and oxygen atoms in total. The fourth-order valence-electron chi connectivity index (χ4n) is 2.78. The Morgan fingerprint density at radius 2 is 2.20 bits per heavy atom. The number of carbonyl (C=O) groups excluding carboxylic acids is 1. The van der Waals surface area contributed by atoms with Crippen LogP contribution in [0.2, 0.25) is 0 Å². The van der Waals surface area contributed by atoms with Gasteiger partial charge in [-0.2, -0.15) is 0 Å². The third kappa shape index (κ3) is 3.61. The van der Waals surface area contributed by atoms with Crippen molar-refractivity contribution in [3.63, 3.8) is 0 Å². The first-order valence-electron chi connectivity index (χ1n) is 7.28. The molecule has 0 heterocycles. The van der Waals surface area contributed by atoms with Gasteiger partial charge in [0.25, 0.3) is 5.91 Å². The maximum absolute atomic E-state index is 12.3. The van der Waals surface area contributed by atoms with E-state index in [2.05, 4.69) is 24.1 Å². The van der Waals surface area contributed by atoms with E-state index >= 15 is 0 Å². The molecule has 2 unspecified atom stereocenters. The number of nitrogens with two attached hydrogens (primary N) is 1. The van der Waals surface area contributed by atoms with Crippen LogP contribution >= 0.6 is 0 Å². The van der Waals surface area contributed by atoms with Crippen molar-refractivity contribution in [2.75, 3.05) is 13.1 Å². The van der Waals surface area contributed by atoms with E-state index in [0.717, 1.165) is 12.1 Å². The summed E-state index contributed by atoms with van der Waals surface area (Å²) in [6.45, 7) is 3.33. The van der Waals surface area contributed by atoms with E-state index < -0.39 is 0 Å². The average Bonchev–Trinajstić information content (AvgIpc) is 2.88. The molecule has 0 saturated heterocycles. The molecule has 1 saturated carbocycles. The highest BCUT2D eigenvalue weighted by Gasteiger charge is 2.23. The van der Waals surface area contributed by atoms with E-state index in [1.165, 1.54) is 19.3 Å². The molecule has 20 heavy (non-hydrogen) atoms. The summed E-state index contributed by atoms with van der Waals surface area (Å²) in [4.78, 5) is 12.3. The monoisotopic (exact) mass is 270 g/mol. The zero-order valence-corrected chi connectivity index (χ0v) is 12.0. The van der Waals surface area contributed by atoms with Gasteiger partial charge in [-0.25, -0.2) is 0 Å². The number of benzene rings is 1. The standard InChI is InChI=1S/C17H22N2O/c1-13-6-4-8-15(13)12-19-17(20)16-10-3-2-7-14(16)9-5-11-18/h2-3,7,10,13,15H,4,6,8,11-12,18H2,1H3,(H,19,20). The Bertz CT molecular complexity index is 527. The lowest BCUT2D eigenvalue weighted by Crippen LogP contribution is -2.30. The summed E-state index contributed by atoms with van der Waals surface area (Å²) in [5.41, 5.74) is 6.77. The Kier molecular flexibility index (Phi) is 5.20. The number of hydrogen-bond donors (Lipinski definition) is 2.